The molecule has 0 spiro atoms. The molecule has 1 aromatic heterocycles. The SMILES string of the molecule is COC(=O)[C@]1(Cc2cn(C(c3ccccc3)(c3ccccc3)c3ccccc3[Si](C)(C)C)c(CF)n2)NC(=O)c2ccccc2C1=O. The molecule has 6 rings (SSSR count). The maximum atomic E-state index is 15.3. The van der Waals surface area contributed by atoms with Crippen molar-refractivity contribution in [2.24, 2.45) is 0 Å². The van der Waals surface area contributed by atoms with E-state index in [0.717, 1.165) is 16.7 Å². The molecule has 7 nitrogen and oxygen atoms in total. The van der Waals surface area contributed by atoms with Crippen LogP contribution >= 0.6 is 0 Å². The second-order valence-corrected chi connectivity index (χ2v) is 17.8. The quantitative estimate of drug-likeness (QED) is 0.0945. The van der Waals surface area contributed by atoms with Gasteiger partial charge < -0.3 is 14.6 Å². The van der Waals surface area contributed by atoms with Crippen molar-refractivity contribution in [1.82, 2.24) is 14.9 Å². The molecule has 0 saturated carbocycles. The highest BCUT2D eigenvalue weighted by atomic mass is 28.3. The minimum absolute atomic E-state index is 0.105. The van der Waals surface area contributed by atoms with Crippen LogP contribution in [-0.4, -0.2) is 47.9 Å². The molecule has 0 bridgehead atoms. The molecule has 1 amide bonds. The van der Waals surface area contributed by atoms with Crippen LogP contribution in [0.5, 0.6) is 0 Å². The number of hydrogen-bond donors (Lipinski definition) is 1. The number of aromatic nitrogens is 2. The fourth-order valence-corrected chi connectivity index (χ4v) is 8.52. The monoisotopic (exact) mass is 645 g/mol. The minimum Gasteiger partial charge on any atom is -0.467 e. The van der Waals surface area contributed by atoms with Crippen molar-refractivity contribution >= 4 is 30.9 Å². The van der Waals surface area contributed by atoms with E-state index in [4.69, 9.17) is 9.72 Å². The normalized spacial score (nSPS) is 16.4. The van der Waals surface area contributed by atoms with E-state index in [1.165, 1.54) is 24.4 Å². The van der Waals surface area contributed by atoms with Crippen LogP contribution in [0.2, 0.25) is 19.6 Å². The third-order valence-corrected chi connectivity index (χ3v) is 11.0. The molecule has 47 heavy (non-hydrogen) atoms. The van der Waals surface area contributed by atoms with E-state index in [0.29, 0.717) is 0 Å². The molecule has 9 heteroatoms. The van der Waals surface area contributed by atoms with Crippen LogP contribution in [0.4, 0.5) is 4.39 Å². The van der Waals surface area contributed by atoms with Gasteiger partial charge in [-0.15, -0.1) is 0 Å². The molecule has 2 heterocycles. The summed E-state index contributed by atoms with van der Waals surface area (Å²) in [6.07, 6.45) is 1.37. The lowest BCUT2D eigenvalue weighted by Gasteiger charge is -2.41. The van der Waals surface area contributed by atoms with Gasteiger partial charge in [-0.1, -0.05) is 128 Å². The number of alkyl halides is 1. The third-order valence-electron chi connectivity index (χ3n) is 8.93. The zero-order chi connectivity index (χ0) is 33.4. The van der Waals surface area contributed by atoms with Crippen molar-refractivity contribution in [3.63, 3.8) is 0 Å². The molecule has 0 saturated heterocycles. The Labute approximate surface area is 274 Å². The Morgan fingerprint density at radius 1 is 0.851 bits per heavy atom. The molecular formula is C38H36FN3O4Si. The second-order valence-electron chi connectivity index (χ2n) is 12.8. The molecule has 238 valence electrons. The van der Waals surface area contributed by atoms with Crippen LogP contribution in [-0.2, 0) is 28.2 Å². The van der Waals surface area contributed by atoms with Gasteiger partial charge in [-0.25, -0.2) is 14.2 Å². The molecule has 5 aromatic rings. The van der Waals surface area contributed by atoms with E-state index in [2.05, 4.69) is 37.1 Å². The van der Waals surface area contributed by atoms with E-state index in [9.17, 15) is 14.4 Å². The summed E-state index contributed by atoms with van der Waals surface area (Å²) in [6, 6.07) is 34.4. The van der Waals surface area contributed by atoms with E-state index in [1.807, 2.05) is 77.4 Å². The molecule has 1 atom stereocenters. The number of esters is 1. The first kappa shape index (κ1) is 31.8. The highest BCUT2D eigenvalue weighted by Crippen LogP contribution is 2.42. The van der Waals surface area contributed by atoms with Crippen molar-refractivity contribution < 1.29 is 23.5 Å². The molecule has 1 N–H and O–H groups in total. The van der Waals surface area contributed by atoms with Crippen molar-refractivity contribution in [1.29, 1.82) is 0 Å². The van der Waals surface area contributed by atoms with E-state index < -0.39 is 43.5 Å². The number of nitrogens with one attached hydrogen (secondary N) is 1. The van der Waals surface area contributed by atoms with Crippen LogP contribution in [0.25, 0.3) is 0 Å². The molecule has 0 fully saturated rings. The van der Waals surface area contributed by atoms with Crippen LogP contribution in [0.1, 0.15) is 48.9 Å². The number of rotatable bonds is 9. The Hall–Kier alpha value is -5.15. The molecule has 0 radical (unpaired) electrons. The van der Waals surface area contributed by atoms with Gasteiger partial charge in [0.25, 0.3) is 5.91 Å². The van der Waals surface area contributed by atoms with Crippen LogP contribution in [0.15, 0.2) is 115 Å². The number of amides is 1. The smallest absolute Gasteiger partial charge is 0.340 e. The van der Waals surface area contributed by atoms with E-state index in [1.54, 1.807) is 18.3 Å². The Kier molecular flexibility index (Phi) is 8.27. The van der Waals surface area contributed by atoms with Gasteiger partial charge in [-0.2, -0.15) is 0 Å². The van der Waals surface area contributed by atoms with Crippen molar-refractivity contribution in [2.45, 2.75) is 43.8 Å². The number of benzene rings is 4. The first-order valence-electron chi connectivity index (χ1n) is 15.5. The minimum atomic E-state index is -2.09. The maximum Gasteiger partial charge on any atom is 0.340 e. The number of halogens is 1. The van der Waals surface area contributed by atoms with Gasteiger partial charge in [-0.05, 0) is 22.8 Å². The lowest BCUT2D eigenvalue weighted by Crippen LogP contribution is -2.64. The Bertz CT molecular complexity index is 1930. The summed E-state index contributed by atoms with van der Waals surface area (Å²) < 4.78 is 22.3. The fraction of sp³-hybridized carbons (Fsp3) is 0.211. The fourth-order valence-electron chi connectivity index (χ4n) is 6.85. The summed E-state index contributed by atoms with van der Waals surface area (Å²) >= 11 is 0. The number of fused-ring (bicyclic) bond motifs is 1. The Morgan fingerprint density at radius 2 is 1.40 bits per heavy atom. The summed E-state index contributed by atoms with van der Waals surface area (Å²) in [7, 11) is -0.840. The summed E-state index contributed by atoms with van der Waals surface area (Å²) in [4.78, 5) is 45.5. The average molecular weight is 646 g/mol. The molecular weight excluding hydrogens is 610 g/mol. The van der Waals surface area contributed by atoms with Gasteiger partial charge in [0, 0.05) is 18.2 Å². The number of ether oxygens (including phenoxy) is 1. The van der Waals surface area contributed by atoms with Gasteiger partial charge in [0.15, 0.2) is 0 Å². The number of imidazole rings is 1. The van der Waals surface area contributed by atoms with Crippen molar-refractivity contribution in [2.75, 3.05) is 7.11 Å². The maximum absolute atomic E-state index is 15.3. The average Bonchev–Trinajstić information content (AvgIpc) is 3.50. The van der Waals surface area contributed by atoms with Crippen molar-refractivity contribution in [3.05, 3.63) is 155 Å². The Balaban J connectivity index is 1.64. The third kappa shape index (κ3) is 5.20. The number of carbonyl (C=O) groups is 3. The number of hydrogen-bond acceptors (Lipinski definition) is 5. The lowest BCUT2D eigenvalue weighted by molar-refractivity contribution is -0.146. The second kappa shape index (κ2) is 12.2. The summed E-state index contributed by atoms with van der Waals surface area (Å²) in [5.74, 6) is -2.02. The van der Waals surface area contributed by atoms with Gasteiger partial charge in [0.05, 0.1) is 26.4 Å². The van der Waals surface area contributed by atoms with Crippen LogP contribution in [0, 0.1) is 0 Å². The highest BCUT2D eigenvalue weighted by Gasteiger charge is 2.53. The van der Waals surface area contributed by atoms with Gasteiger partial charge >= 0.3 is 5.97 Å². The molecule has 4 aromatic carbocycles. The molecule has 1 aliphatic heterocycles. The highest BCUT2D eigenvalue weighted by molar-refractivity contribution is 6.89. The first-order valence-corrected chi connectivity index (χ1v) is 19.0. The molecule has 0 aliphatic carbocycles. The van der Waals surface area contributed by atoms with Gasteiger partial charge in [0.2, 0.25) is 11.3 Å². The number of ketones is 1. The standard InChI is InChI=1S/C38H36FN3O4Si/c1-46-36(45)37(34(43)29-19-11-12-20-30(29)35(44)41-37)23-28-25-42(33(24-39)40-28)38(26-15-7-5-8-16-26,27-17-9-6-10-18-27)31-21-13-14-22-32(31)47(2,3)4/h5-22,25H,23-24H2,1-4H3,(H,41,44)/t37-/m1/s1. The molecule has 1 aliphatic rings. The molecule has 0 unspecified atom stereocenters. The lowest BCUT2D eigenvalue weighted by atomic mass is 9.76. The van der Waals surface area contributed by atoms with E-state index >= 15 is 4.39 Å². The number of methoxy groups -OCH3 is 1. The van der Waals surface area contributed by atoms with Gasteiger partial charge in [-0.3, -0.25) is 9.59 Å². The van der Waals surface area contributed by atoms with Crippen LogP contribution in [0.3, 0.4) is 0 Å². The zero-order valence-electron chi connectivity index (χ0n) is 26.8. The van der Waals surface area contributed by atoms with E-state index in [-0.39, 0.29) is 29.1 Å². The summed E-state index contributed by atoms with van der Waals surface area (Å²) in [5.41, 5.74) is 0.0957. The van der Waals surface area contributed by atoms with Gasteiger partial charge in [0.1, 0.15) is 18.0 Å². The topological polar surface area (TPSA) is 90.3 Å². The summed E-state index contributed by atoms with van der Waals surface area (Å²) in [5, 5.41) is 3.83. The largest absolute Gasteiger partial charge is 0.467 e. The zero-order valence-corrected chi connectivity index (χ0v) is 27.8. The Morgan fingerprint density at radius 3 is 1.98 bits per heavy atom. The van der Waals surface area contributed by atoms with Crippen molar-refractivity contribution in [3.8, 4) is 0 Å². The van der Waals surface area contributed by atoms with Crippen LogP contribution < -0.4 is 10.5 Å². The number of nitrogens with zero attached hydrogens (tertiary/aromatic N) is 2. The predicted octanol–water partition coefficient (Wildman–Crippen LogP) is 5.82. The predicted molar refractivity (Wildman–Crippen MR) is 181 cm³/mol. The summed E-state index contributed by atoms with van der Waals surface area (Å²) in [6.45, 7) is 5.90. The number of carbonyl (C=O) groups excluding carboxylic acids is 3. The first-order chi connectivity index (χ1) is 22.6. The number of Topliss-reactive ketones (excluding diaryl/α,β-unsaturated/α-hetero) is 1.